The SMILES string of the molecule is Cc1cc(CN(C)CCC(F)(F)F)oc1CN. The number of furan rings is 1. The molecule has 1 aromatic heterocycles. The van der Waals surface area contributed by atoms with Crippen molar-refractivity contribution in [1.82, 2.24) is 4.90 Å². The van der Waals surface area contributed by atoms with Gasteiger partial charge in [0, 0.05) is 6.54 Å². The lowest BCUT2D eigenvalue weighted by molar-refractivity contribution is -0.137. The minimum absolute atomic E-state index is 0.0405. The van der Waals surface area contributed by atoms with E-state index >= 15 is 0 Å². The predicted octanol–water partition coefficient (Wildman–Crippen LogP) is 2.43. The quantitative estimate of drug-likeness (QED) is 0.872. The van der Waals surface area contributed by atoms with E-state index in [1.54, 1.807) is 11.9 Å². The Balaban J connectivity index is 2.47. The molecule has 0 amide bonds. The monoisotopic (exact) mass is 250 g/mol. The van der Waals surface area contributed by atoms with Crippen LogP contribution in [0, 0.1) is 6.92 Å². The number of nitrogens with two attached hydrogens (primary N) is 1. The number of aryl methyl sites for hydroxylation is 1. The summed E-state index contributed by atoms with van der Waals surface area (Å²) in [5, 5.41) is 0. The molecule has 0 aliphatic carbocycles. The van der Waals surface area contributed by atoms with Crippen molar-refractivity contribution in [2.45, 2.75) is 32.6 Å². The molecule has 0 unspecified atom stereocenters. The molecular weight excluding hydrogens is 233 g/mol. The minimum Gasteiger partial charge on any atom is -0.463 e. The molecular formula is C11H17F3N2O. The van der Waals surface area contributed by atoms with Crippen molar-refractivity contribution in [3.8, 4) is 0 Å². The zero-order valence-electron chi connectivity index (χ0n) is 9.97. The highest BCUT2D eigenvalue weighted by atomic mass is 19.4. The highest BCUT2D eigenvalue weighted by Crippen LogP contribution is 2.20. The Morgan fingerprint density at radius 3 is 2.53 bits per heavy atom. The average molecular weight is 250 g/mol. The van der Waals surface area contributed by atoms with Gasteiger partial charge in [0.05, 0.1) is 19.5 Å². The third-order valence-corrected chi connectivity index (χ3v) is 2.46. The average Bonchev–Trinajstić information content (AvgIpc) is 2.55. The maximum Gasteiger partial charge on any atom is 0.390 e. The van der Waals surface area contributed by atoms with Crippen LogP contribution in [-0.4, -0.2) is 24.7 Å². The van der Waals surface area contributed by atoms with E-state index in [9.17, 15) is 13.2 Å². The summed E-state index contributed by atoms with van der Waals surface area (Å²) >= 11 is 0. The van der Waals surface area contributed by atoms with Crippen LogP contribution in [-0.2, 0) is 13.1 Å². The van der Waals surface area contributed by atoms with Gasteiger partial charge in [-0.05, 0) is 25.6 Å². The van der Waals surface area contributed by atoms with Gasteiger partial charge in [-0.25, -0.2) is 0 Å². The summed E-state index contributed by atoms with van der Waals surface area (Å²) in [5.41, 5.74) is 6.39. The van der Waals surface area contributed by atoms with Crippen LogP contribution in [0.1, 0.15) is 23.5 Å². The first-order chi connectivity index (χ1) is 7.81. The van der Waals surface area contributed by atoms with E-state index in [-0.39, 0.29) is 6.54 Å². The van der Waals surface area contributed by atoms with Crippen LogP contribution in [0.2, 0.25) is 0 Å². The van der Waals surface area contributed by atoms with Gasteiger partial charge in [0.1, 0.15) is 11.5 Å². The Morgan fingerprint density at radius 1 is 1.41 bits per heavy atom. The maximum absolute atomic E-state index is 12.0. The van der Waals surface area contributed by atoms with Crippen molar-refractivity contribution in [2.75, 3.05) is 13.6 Å². The number of halogens is 3. The lowest BCUT2D eigenvalue weighted by atomic mass is 10.2. The second kappa shape index (κ2) is 5.55. The first-order valence-corrected chi connectivity index (χ1v) is 5.35. The molecule has 1 rings (SSSR count). The van der Waals surface area contributed by atoms with Crippen LogP contribution in [0.5, 0.6) is 0 Å². The first-order valence-electron chi connectivity index (χ1n) is 5.35. The fourth-order valence-electron chi connectivity index (χ4n) is 1.53. The summed E-state index contributed by atoms with van der Waals surface area (Å²) < 4.78 is 41.5. The molecule has 0 spiro atoms. The molecule has 1 heterocycles. The standard InChI is InChI=1S/C11H17F3N2O/c1-8-5-9(17-10(8)6-15)7-16(2)4-3-11(12,13)14/h5H,3-4,6-7,15H2,1-2H3. The normalized spacial score (nSPS) is 12.4. The molecule has 1 aromatic rings. The Bertz CT molecular complexity index is 360. The molecule has 0 aliphatic heterocycles. The van der Waals surface area contributed by atoms with E-state index in [4.69, 9.17) is 10.2 Å². The van der Waals surface area contributed by atoms with Gasteiger partial charge in [-0.1, -0.05) is 0 Å². The third-order valence-electron chi connectivity index (χ3n) is 2.46. The fraction of sp³-hybridized carbons (Fsp3) is 0.636. The molecule has 0 saturated heterocycles. The molecule has 3 nitrogen and oxygen atoms in total. The molecule has 0 bridgehead atoms. The second-order valence-electron chi connectivity index (χ2n) is 4.13. The van der Waals surface area contributed by atoms with Crippen molar-refractivity contribution in [2.24, 2.45) is 5.73 Å². The zero-order valence-corrected chi connectivity index (χ0v) is 9.97. The molecule has 6 heteroatoms. The Labute approximate surface area is 98.4 Å². The van der Waals surface area contributed by atoms with Crippen LogP contribution >= 0.6 is 0 Å². The van der Waals surface area contributed by atoms with Gasteiger partial charge in [0.25, 0.3) is 0 Å². The molecule has 0 fully saturated rings. The summed E-state index contributed by atoms with van der Waals surface area (Å²) in [6.07, 6.45) is -4.93. The van der Waals surface area contributed by atoms with Crippen molar-refractivity contribution in [3.05, 3.63) is 23.2 Å². The van der Waals surface area contributed by atoms with Crippen LogP contribution < -0.4 is 5.73 Å². The van der Waals surface area contributed by atoms with Gasteiger partial charge in [0.15, 0.2) is 0 Å². The molecule has 0 radical (unpaired) electrons. The number of rotatable bonds is 5. The van der Waals surface area contributed by atoms with E-state index in [0.717, 1.165) is 5.56 Å². The third kappa shape index (κ3) is 4.79. The summed E-state index contributed by atoms with van der Waals surface area (Å²) in [7, 11) is 1.63. The van der Waals surface area contributed by atoms with Crippen molar-refractivity contribution < 1.29 is 17.6 Å². The summed E-state index contributed by atoms with van der Waals surface area (Å²) in [5.74, 6) is 1.33. The van der Waals surface area contributed by atoms with Gasteiger partial charge >= 0.3 is 6.18 Å². The topological polar surface area (TPSA) is 42.4 Å². The van der Waals surface area contributed by atoms with Crippen molar-refractivity contribution in [1.29, 1.82) is 0 Å². The fourth-order valence-corrected chi connectivity index (χ4v) is 1.53. The van der Waals surface area contributed by atoms with Crippen molar-refractivity contribution >= 4 is 0 Å². The van der Waals surface area contributed by atoms with E-state index in [2.05, 4.69) is 0 Å². The maximum atomic E-state index is 12.0. The molecule has 2 N–H and O–H groups in total. The van der Waals surface area contributed by atoms with Gasteiger partial charge < -0.3 is 10.2 Å². The van der Waals surface area contributed by atoms with Gasteiger partial charge in [-0.3, -0.25) is 4.90 Å². The van der Waals surface area contributed by atoms with Crippen LogP contribution in [0.3, 0.4) is 0 Å². The Hall–Kier alpha value is -1.01. The Morgan fingerprint density at radius 2 is 2.06 bits per heavy atom. The molecule has 0 aromatic carbocycles. The highest BCUT2D eigenvalue weighted by molar-refractivity contribution is 5.19. The lowest BCUT2D eigenvalue weighted by Gasteiger charge is -2.16. The smallest absolute Gasteiger partial charge is 0.390 e. The molecule has 0 atom stereocenters. The lowest BCUT2D eigenvalue weighted by Crippen LogP contribution is -2.23. The van der Waals surface area contributed by atoms with Gasteiger partial charge in [0.2, 0.25) is 0 Å². The number of nitrogens with zero attached hydrogens (tertiary/aromatic N) is 1. The van der Waals surface area contributed by atoms with Gasteiger partial charge in [-0.2, -0.15) is 13.2 Å². The van der Waals surface area contributed by atoms with Crippen molar-refractivity contribution in [3.63, 3.8) is 0 Å². The summed E-state index contributed by atoms with van der Waals surface area (Å²) in [6, 6.07) is 1.81. The summed E-state index contributed by atoms with van der Waals surface area (Å²) in [4.78, 5) is 1.58. The zero-order chi connectivity index (χ0) is 13.1. The van der Waals surface area contributed by atoms with E-state index in [1.807, 2.05) is 13.0 Å². The van der Waals surface area contributed by atoms with Gasteiger partial charge in [-0.15, -0.1) is 0 Å². The van der Waals surface area contributed by atoms with Crippen LogP contribution in [0.25, 0.3) is 0 Å². The van der Waals surface area contributed by atoms with E-state index < -0.39 is 12.6 Å². The van der Waals surface area contributed by atoms with Crippen LogP contribution in [0.4, 0.5) is 13.2 Å². The molecule has 0 saturated carbocycles. The number of hydrogen-bond acceptors (Lipinski definition) is 3. The minimum atomic E-state index is -4.12. The number of alkyl halides is 3. The molecule has 17 heavy (non-hydrogen) atoms. The summed E-state index contributed by atoms with van der Waals surface area (Å²) in [6.45, 7) is 2.49. The molecule has 98 valence electrons. The van der Waals surface area contributed by atoms with E-state index in [0.29, 0.717) is 24.6 Å². The predicted molar refractivity (Wildman–Crippen MR) is 58.3 cm³/mol. The number of hydrogen-bond donors (Lipinski definition) is 1. The largest absolute Gasteiger partial charge is 0.463 e. The highest BCUT2D eigenvalue weighted by Gasteiger charge is 2.27. The second-order valence-corrected chi connectivity index (χ2v) is 4.13. The van der Waals surface area contributed by atoms with E-state index in [1.165, 1.54) is 0 Å². The van der Waals surface area contributed by atoms with Crippen LogP contribution in [0.15, 0.2) is 10.5 Å². The first kappa shape index (κ1) is 14.1. The molecule has 0 aliphatic rings. The Kier molecular flexibility index (Phi) is 4.59.